The maximum atomic E-state index is 14.8. The lowest BCUT2D eigenvalue weighted by molar-refractivity contribution is -0.202. The lowest BCUT2D eigenvalue weighted by Crippen LogP contribution is -2.62. The molecule has 0 aromatic carbocycles. The van der Waals surface area contributed by atoms with Gasteiger partial charge < -0.3 is 29.2 Å². The number of carbonyl (C=O) groups is 8. The predicted molar refractivity (Wildman–Crippen MR) is 224 cm³/mol. The van der Waals surface area contributed by atoms with Crippen molar-refractivity contribution in [2.75, 3.05) is 0 Å². The molecule has 2 N–H and O–H groups in total. The van der Waals surface area contributed by atoms with Crippen molar-refractivity contribution >= 4 is 47.8 Å². The number of allylic oxidation sites excluding steroid dienone is 4. The molecule has 6 fully saturated rings. The number of esters is 6. The summed E-state index contributed by atoms with van der Waals surface area (Å²) >= 11 is 0. The maximum Gasteiger partial charge on any atom is 0.370 e. The molecule has 9 rings (SSSR count). The summed E-state index contributed by atoms with van der Waals surface area (Å²) in [5.41, 5.74) is -2.73. The zero-order chi connectivity index (χ0) is 46.4. The highest BCUT2D eigenvalue weighted by atomic mass is 16.7. The minimum Gasteiger partial charge on any atom is -0.478 e. The number of carbonyl (C=O) groups excluding carboxylic acids is 6. The van der Waals surface area contributed by atoms with Gasteiger partial charge in [-0.15, -0.1) is 0 Å². The highest BCUT2D eigenvalue weighted by Crippen LogP contribution is 2.75. The monoisotopic (exact) mass is 888 g/mol. The van der Waals surface area contributed by atoms with Crippen LogP contribution in [0, 0.1) is 80.8 Å². The first kappa shape index (κ1) is 44.8. The summed E-state index contributed by atoms with van der Waals surface area (Å²) in [7, 11) is 0. The molecule has 7 aliphatic carbocycles. The molecule has 0 bridgehead atoms. The number of cyclic esters (lactones) is 4. The van der Waals surface area contributed by atoms with Crippen LogP contribution >= 0.6 is 0 Å². The van der Waals surface area contributed by atoms with Crippen molar-refractivity contribution in [3.8, 4) is 0 Å². The smallest absolute Gasteiger partial charge is 0.370 e. The maximum absolute atomic E-state index is 14.8. The Hall–Kier alpha value is -4.36. The summed E-state index contributed by atoms with van der Waals surface area (Å²) in [6.07, 6.45) is 7.07. The zero-order valence-electron chi connectivity index (χ0n) is 38.5. The van der Waals surface area contributed by atoms with E-state index in [9.17, 15) is 48.6 Å². The second-order valence-corrected chi connectivity index (χ2v) is 23.0. The molecule has 2 saturated heterocycles. The van der Waals surface area contributed by atoms with E-state index in [0.29, 0.717) is 62.2 Å². The van der Waals surface area contributed by atoms with Crippen molar-refractivity contribution in [3.63, 3.8) is 0 Å². The Bertz CT molecular complexity index is 2080. The molecule has 64 heavy (non-hydrogen) atoms. The van der Waals surface area contributed by atoms with Gasteiger partial charge in [-0.25, -0.2) is 19.2 Å². The van der Waals surface area contributed by atoms with Gasteiger partial charge >= 0.3 is 59.0 Å². The molecule has 0 radical (unpaired) electrons. The summed E-state index contributed by atoms with van der Waals surface area (Å²) in [4.78, 5) is 106. The number of carboxylic acid groups (broad SMARTS) is 2. The molecule has 0 spiro atoms. The Morgan fingerprint density at radius 2 is 0.938 bits per heavy atom. The number of rotatable bonds is 8. The van der Waals surface area contributed by atoms with Gasteiger partial charge in [-0.1, -0.05) is 65.5 Å². The van der Waals surface area contributed by atoms with E-state index < -0.39 is 93.5 Å². The van der Waals surface area contributed by atoms with Gasteiger partial charge in [0.05, 0.1) is 10.8 Å². The molecular formula is C50H64O14. The largest absolute Gasteiger partial charge is 0.478 e. The molecular weight excluding hydrogens is 825 g/mol. The minimum atomic E-state index is -2.76. The van der Waals surface area contributed by atoms with E-state index in [-0.39, 0.29) is 35.5 Å². The molecule has 0 aromatic heterocycles. The topological polar surface area (TPSA) is 214 Å². The van der Waals surface area contributed by atoms with Crippen LogP contribution in [0.2, 0.25) is 0 Å². The number of aliphatic carboxylic acids is 2. The molecule has 0 amide bonds. The number of hydrogen-bond acceptors (Lipinski definition) is 12. The highest BCUT2D eigenvalue weighted by Gasteiger charge is 2.70. The Kier molecular flexibility index (Phi) is 10.2. The number of ether oxygens (including phenoxy) is 4. The molecule has 9 aliphatic rings. The summed E-state index contributed by atoms with van der Waals surface area (Å²) in [6.45, 7) is 17.6. The van der Waals surface area contributed by atoms with Gasteiger partial charge in [0.2, 0.25) is 0 Å². The average molecular weight is 889 g/mol. The Morgan fingerprint density at radius 1 is 0.578 bits per heavy atom. The van der Waals surface area contributed by atoms with Crippen LogP contribution in [0.3, 0.4) is 0 Å². The van der Waals surface area contributed by atoms with Crippen LogP contribution < -0.4 is 0 Å². The van der Waals surface area contributed by atoms with Crippen molar-refractivity contribution in [1.29, 1.82) is 0 Å². The highest BCUT2D eigenvalue weighted by molar-refractivity contribution is 6.15. The van der Waals surface area contributed by atoms with E-state index in [1.54, 1.807) is 0 Å². The molecule has 4 saturated carbocycles. The third-order valence-corrected chi connectivity index (χ3v) is 19.4. The Balaban J connectivity index is 1.19. The minimum absolute atomic E-state index is 0.0389. The molecule has 14 unspecified atom stereocenters. The van der Waals surface area contributed by atoms with Gasteiger partial charge in [0.1, 0.15) is 12.8 Å². The first-order valence-corrected chi connectivity index (χ1v) is 23.8. The van der Waals surface area contributed by atoms with Crippen LogP contribution in [-0.4, -0.2) is 69.2 Å². The van der Waals surface area contributed by atoms with Crippen LogP contribution in [0.15, 0.2) is 22.3 Å². The fraction of sp³-hybridized carbons (Fsp3) is 0.760. The normalized spacial score (nSPS) is 44.7. The zero-order valence-corrected chi connectivity index (χ0v) is 38.5. The van der Waals surface area contributed by atoms with Crippen molar-refractivity contribution in [3.05, 3.63) is 22.3 Å². The first-order valence-electron chi connectivity index (χ1n) is 23.8. The standard InChI is InChI=1S/C50H64O14/c1-23(2)25-11-13-29-35-27(19-31-45(29,5)15-9-17-47(31,7)41(57)63-49(39(53)54)21-33(51)61-43(49)59)28-20-32-46(6,30-14-12-26(24(3)4)38(36(28)30)37(25)35)16-10-18-48(32,8)42(58)64-50(40(55)56)22-34(52)62-44(50)60/h23-32H,9-22H2,1-8H3,(H,53,54)(H,55,56). The van der Waals surface area contributed by atoms with Gasteiger partial charge in [0.25, 0.3) is 0 Å². The lowest BCUT2D eigenvalue weighted by atomic mass is 9.36. The van der Waals surface area contributed by atoms with Gasteiger partial charge in [-0.05, 0) is 159 Å². The molecule has 14 atom stereocenters. The van der Waals surface area contributed by atoms with Crippen LogP contribution in [0.1, 0.15) is 145 Å². The average Bonchev–Trinajstić information content (AvgIpc) is 3.68. The van der Waals surface area contributed by atoms with Crippen molar-refractivity contribution in [2.24, 2.45) is 80.8 Å². The molecule has 0 aromatic rings. The van der Waals surface area contributed by atoms with Gasteiger partial charge in [0.15, 0.2) is 0 Å². The van der Waals surface area contributed by atoms with Crippen molar-refractivity contribution in [2.45, 2.75) is 156 Å². The number of carboxylic acids is 2. The van der Waals surface area contributed by atoms with Gasteiger partial charge in [0, 0.05) is 0 Å². The fourth-order valence-corrected chi connectivity index (χ4v) is 16.3. The van der Waals surface area contributed by atoms with Crippen LogP contribution in [0.5, 0.6) is 0 Å². The predicted octanol–water partition coefficient (Wildman–Crippen LogP) is 7.30. The molecule has 348 valence electrons. The van der Waals surface area contributed by atoms with Gasteiger partial charge in [-0.2, -0.15) is 0 Å². The van der Waals surface area contributed by atoms with Crippen molar-refractivity contribution < 1.29 is 67.5 Å². The number of fused-ring (bicyclic) bond motifs is 6. The third-order valence-electron chi connectivity index (χ3n) is 19.4. The second kappa shape index (κ2) is 14.6. The summed E-state index contributed by atoms with van der Waals surface area (Å²) in [6, 6.07) is 0. The SMILES string of the molecule is CC(C)C1CCC2C3=C1C1=C4C(CC5C(C)(C(=O)OC6(C(=O)O)CC(=O)OC6=O)CCCC5(C)C4CCC1C(C)C)C3CC1C(C)(C(=O)OC3(C(=O)O)CC(=O)OC3=O)CCCC21C. The van der Waals surface area contributed by atoms with E-state index in [2.05, 4.69) is 51.0 Å². The van der Waals surface area contributed by atoms with E-state index >= 15 is 0 Å². The summed E-state index contributed by atoms with van der Waals surface area (Å²) < 4.78 is 20.9. The van der Waals surface area contributed by atoms with Crippen LogP contribution in [0.25, 0.3) is 0 Å². The molecule has 2 heterocycles. The van der Waals surface area contributed by atoms with Crippen LogP contribution in [0.4, 0.5) is 0 Å². The second-order valence-electron chi connectivity index (χ2n) is 23.0. The van der Waals surface area contributed by atoms with Gasteiger partial charge in [-0.3, -0.25) is 19.2 Å². The van der Waals surface area contributed by atoms with E-state index in [1.165, 1.54) is 22.3 Å². The lowest BCUT2D eigenvalue weighted by Gasteiger charge is -2.68. The molecule has 14 heteroatoms. The summed E-state index contributed by atoms with van der Waals surface area (Å²) in [5.74, 6) is -9.12. The van der Waals surface area contributed by atoms with E-state index in [4.69, 9.17) is 9.47 Å². The van der Waals surface area contributed by atoms with Crippen LogP contribution in [-0.2, 0) is 57.3 Å². The third kappa shape index (κ3) is 5.86. The molecule has 14 nitrogen and oxygen atoms in total. The van der Waals surface area contributed by atoms with E-state index in [0.717, 1.165) is 38.5 Å². The number of hydrogen-bond donors (Lipinski definition) is 2. The van der Waals surface area contributed by atoms with E-state index in [1.807, 2.05) is 13.8 Å². The fourth-order valence-electron chi connectivity index (χ4n) is 16.3. The quantitative estimate of drug-likeness (QED) is 0.139. The Labute approximate surface area is 374 Å². The Morgan fingerprint density at radius 3 is 1.23 bits per heavy atom. The molecule has 2 aliphatic heterocycles. The first-order chi connectivity index (χ1) is 29.9. The van der Waals surface area contributed by atoms with Crippen molar-refractivity contribution in [1.82, 2.24) is 0 Å². The summed E-state index contributed by atoms with van der Waals surface area (Å²) in [5, 5.41) is 20.6.